The van der Waals surface area contributed by atoms with E-state index in [1.807, 2.05) is 11.8 Å². The minimum Gasteiger partial charge on any atom is -0.341 e. The van der Waals surface area contributed by atoms with Gasteiger partial charge in [0.25, 0.3) is 10.0 Å². The molecule has 0 N–H and O–H groups in total. The predicted octanol–water partition coefficient (Wildman–Crippen LogP) is 2.35. The largest absolute Gasteiger partial charge is 0.341 e. The van der Waals surface area contributed by atoms with Gasteiger partial charge in [-0.15, -0.1) is 11.3 Å². The lowest BCUT2D eigenvalue weighted by atomic mass is 9.98. The summed E-state index contributed by atoms with van der Waals surface area (Å²) >= 11 is 6.95. The summed E-state index contributed by atoms with van der Waals surface area (Å²) < 4.78 is 27.6. The van der Waals surface area contributed by atoms with E-state index in [0.717, 1.165) is 37.3 Å². The number of piperazine rings is 1. The van der Waals surface area contributed by atoms with Crippen LogP contribution in [0.5, 0.6) is 0 Å². The number of carbonyl (C=O) groups excluding carboxylic acids is 1. The lowest BCUT2D eigenvalue weighted by molar-refractivity contribution is -0.138. The number of carbonyl (C=O) groups is 1. The predicted molar refractivity (Wildman–Crippen MR) is 104 cm³/mol. The van der Waals surface area contributed by atoms with Crippen molar-refractivity contribution < 1.29 is 13.2 Å². The molecule has 1 unspecified atom stereocenters. The zero-order valence-electron chi connectivity index (χ0n) is 15.2. The highest BCUT2D eigenvalue weighted by Crippen LogP contribution is 2.29. The smallest absolute Gasteiger partial charge is 0.252 e. The number of nitrogens with zero attached hydrogens (tertiary/aromatic N) is 3. The molecule has 3 heterocycles. The highest BCUT2D eigenvalue weighted by atomic mass is 35.5. The fourth-order valence-corrected chi connectivity index (χ4v) is 6.60. The molecule has 2 fully saturated rings. The fraction of sp³-hybridized carbons (Fsp3) is 0.706. The van der Waals surface area contributed by atoms with Gasteiger partial charge in [0.2, 0.25) is 5.91 Å². The van der Waals surface area contributed by atoms with E-state index in [2.05, 4.69) is 11.8 Å². The van der Waals surface area contributed by atoms with Crippen LogP contribution < -0.4 is 0 Å². The Labute approximate surface area is 164 Å². The van der Waals surface area contributed by atoms with E-state index < -0.39 is 10.0 Å². The first kappa shape index (κ1) is 20.1. The van der Waals surface area contributed by atoms with Crippen molar-refractivity contribution in [2.24, 2.45) is 5.92 Å². The van der Waals surface area contributed by atoms with E-state index in [1.54, 1.807) is 12.1 Å². The van der Waals surface area contributed by atoms with Gasteiger partial charge in [-0.3, -0.25) is 9.69 Å². The van der Waals surface area contributed by atoms with Gasteiger partial charge in [0.1, 0.15) is 4.21 Å². The van der Waals surface area contributed by atoms with Crippen molar-refractivity contribution in [3.05, 3.63) is 16.5 Å². The SMILES string of the molecule is CC1CCN(C(=O)C(C)N2CCN(S(=O)(=O)c3ccc(Cl)s3)CC2)CC1. The minimum absolute atomic E-state index is 0.165. The molecule has 3 rings (SSSR count). The normalized spacial score (nSPS) is 22.5. The molecule has 0 saturated carbocycles. The molecule has 0 radical (unpaired) electrons. The molecule has 2 saturated heterocycles. The molecule has 1 atom stereocenters. The number of likely N-dealkylation sites (tertiary alicyclic amines) is 1. The second-order valence-electron chi connectivity index (χ2n) is 7.18. The quantitative estimate of drug-likeness (QED) is 0.751. The number of sulfonamides is 1. The lowest BCUT2D eigenvalue weighted by Crippen LogP contribution is -2.56. The van der Waals surface area contributed by atoms with Crippen molar-refractivity contribution >= 4 is 38.9 Å². The van der Waals surface area contributed by atoms with E-state index in [0.29, 0.717) is 36.4 Å². The number of rotatable bonds is 4. The third-order valence-electron chi connectivity index (χ3n) is 5.42. The topological polar surface area (TPSA) is 60.9 Å². The Hall–Kier alpha value is -0.670. The highest BCUT2D eigenvalue weighted by Gasteiger charge is 2.34. The maximum absolute atomic E-state index is 12.7. The molecule has 1 aromatic heterocycles. The molecule has 26 heavy (non-hydrogen) atoms. The van der Waals surface area contributed by atoms with Gasteiger partial charge in [0, 0.05) is 39.3 Å². The van der Waals surface area contributed by atoms with Crippen LogP contribution >= 0.6 is 22.9 Å². The Bertz CT molecular complexity index is 736. The molecule has 0 aliphatic carbocycles. The first-order chi connectivity index (χ1) is 12.3. The Morgan fingerprint density at radius 3 is 2.31 bits per heavy atom. The molecular formula is C17H26ClN3O3S2. The third-order valence-corrected chi connectivity index (χ3v) is 9.01. The van der Waals surface area contributed by atoms with Gasteiger partial charge in [-0.25, -0.2) is 8.42 Å². The van der Waals surface area contributed by atoms with Crippen LogP contribution in [0.1, 0.15) is 26.7 Å². The van der Waals surface area contributed by atoms with Crippen molar-refractivity contribution in [3.8, 4) is 0 Å². The van der Waals surface area contributed by atoms with E-state index >= 15 is 0 Å². The van der Waals surface area contributed by atoms with Crippen LogP contribution in [0.3, 0.4) is 0 Å². The van der Waals surface area contributed by atoms with E-state index in [-0.39, 0.29) is 16.2 Å². The molecule has 0 spiro atoms. The van der Waals surface area contributed by atoms with Gasteiger partial charge in [-0.2, -0.15) is 4.31 Å². The third kappa shape index (κ3) is 4.25. The van der Waals surface area contributed by atoms with Crippen LogP contribution in [0, 0.1) is 5.92 Å². The summed E-state index contributed by atoms with van der Waals surface area (Å²) in [6, 6.07) is 2.96. The Morgan fingerprint density at radius 2 is 1.77 bits per heavy atom. The summed E-state index contributed by atoms with van der Waals surface area (Å²) in [6.45, 7) is 7.74. The van der Waals surface area contributed by atoms with E-state index in [1.165, 1.54) is 4.31 Å². The van der Waals surface area contributed by atoms with Crippen LogP contribution in [-0.2, 0) is 14.8 Å². The number of thiophene rings is 1. The van der Waals surface area contributed by atoms with Crippen LogP contribution in [0.15, 0.2) is 16.3 Å². The number of hydrogen-bond donors (Lipinski definition) is 0. The molecule has 2 aliphatic rings. The molecule has 2 aliphatic heterocycles. The first-order valence-electron chi connectivity index (χ1n) is 9.07. The van der Waals surface area contributed by atoms with Gasteiger partial charge in [0.15, 0.2) is 0 Å². The van der Waals surface area contributed by atoms with Crippen molar-refractivity contribution in [1.29, 1.82) is 0 Å². The summed E-state index contributed by atoms with van der Waals surface area (Å²) in [6.07, 6.45) is 2.13. The highest BCUT2D eigenvalue weighted by molar-refractivity contribution is 7.91. The van der Waals surface area contributed by atoms with Gasteiger partial charge < -0.3 is 4.90 Å². The average molecular weight is 420 g/mol. The molecule has 0 aromatic carbocycles. The van der Waals surface area contributed by atoms with Crippen molar-refractivity contribution in [2.75, 3.05) is 39.3 Å². The Balaban J connectivity index is 1.57. The second kappa shape index (κ2) is 8.14. The number of amides is 1. The van der Waals surface area contributed by atoms with E-state index in [9.17, 15) is 13.2 Å². The van der Waals surface area contributed by atoms with Crippen molar-refractivity contribution in [1.82, 2.24) is 14.1 Å². The standard InChI is InChI=1S/C17H26ClN3O3S2/c1-13-5-7-20(8-6-13)17(22)14(2)19-9-11-21(12-10-19)26(23,24)16-4-3-15(18)25-16/h3-4,13-14H,5-12H2,1-2H3. The zero-order valence-corrected chi connectivity index (χ0v) is 17.6. The summed E-state index contributed by atoms with van der Waals surface area (Å²) in [5, 5.41) is 0. The van der Waals surface area contributed by atoms with Gasteiger partial charge in [-0.1, -0.05) is 18.5 Å². The molecule has 6 nitrogen and oxygen atoms in total. The number of piperidine rings is 1. The lowest BCUT2D eigenvalue weighted by Gasteiger charge is -2.39. The van der Waals surface area contributed by atoms with Crippen molar-refractivity contribution in [2.45, 2.75) is 36.9 Å². The van der Waals surface area contributed by atoms with Crippen LogP contribution in [0.2, 0.25) is 4.34 Å². The van der Waals surface area contributed by atoms with Crippen molar-refractivity contribution in [3.63, 3.8) is 0 Å². The summed E-state index contributed by atoms with van der Waals surface area (Å²) in [4.78, 5) is 16.8. The maximum Gasteiger partial charge on any atom is 0.252 e. The Morgan fingerprint density at radius 1 is 1.15 bits per heavy atom. The molecule has 9 heteroatoms. The molecule has 1 amide bonds. The summed E-state index contributed by atoms with van der Waals surface area (Å²) in [5.41, 5.74) is 0. The van der Waals surface area contributed by atoms with Crippen LogP contribution in [-0.4, -0.2) is 73.7 Å². The van der Waals surface area contributed by atoms with Crippen LogP contribution in [0.4, 0.5) is 0 Å². The molecule has 0 bridgehead atoms. The monoisotopic (exact) mass is 419 g/mol. The number of halogens is 1. The van der Waals surface area contributed by atoms with Crippen LogP contribution in [0.25, 0.3) is 0 Å². The average Bonchev–Trinajstić information content (AvgIpc) is 3.08. The van der Waals surface area contributed by atoms with Gasteiger partial charge in [-0.05, 0) is 37.8 Å². The van der Waals surface area contributed by atoms with Gasteiger partial charge in [0.05, 0.1) is 10.4 Å². The first-order valence-corrected chi connectivity index (χ1v) is 11.7. The summed E-state index contributed by atoms with van der Waals surface area (Å²) in [7, 11) is -3.49. The zero-order chi connectivity index (χ0) is 18.9. The maximum atomic E-state index is 12.7. The second-order valence-corrected chi connectivity index (χ2v) is 11.1. The molecule has 146 valence electrons. The Kier molecular flexibility index (Phi) is 6.29. The molecular weight excluding hydrogens is 394 g/mol. The molecule has 1 aromatic rings. The van der Waals surface area contributed by atoms with Gasteiger partial charge >= 0.3 is 0 Å². The minimum atomic E-state index is -3.49. The summed E-state index contributed by atoms with van der Waals surface area (Å²) in [5.74, 6) is 0.854. The fourth-order valence-electron chi connectivity index (χ4n) is 3.54. The number of hydrogen-bond acceptors (Lipinski definition) is 5. The van der Waals surface area contributed by atoms with E-state index in [4.69, 9.17) is 11.6 Å².